The molecule has 5 rings (SSSR count). The van der Waals surface area contributed by atoms with Gasteiger partial charge in [-0.1, -0.05) is 23.7 Å². The summed E-state index contributed by atoms with van der Waals surface area (Å²) in [4.78, 5) is 41.5. The molecule has 0 saturated carbocycles. The van der Waals surface area contributed by atoms with E-state index >= 15 is 0 Å². The van der Waals surface area contributed by atoms with E-state index in [9.17, 15) is 22.8 Å². The molecule has 0 spiro atoms. The summed E-state index contributed by atoms with van der Waals surface area (Å²) < 4.78 is 38.6. The van der Waals surface area contributed by atoms with Crippen molar-refractivity contribution >= 4 is 40.3 Å². The Hall–Kier alpha value is -4.25. The van der Waals surface area contributed by atoms with E-state index in [4.69, 9.17) is 26.7 Å². The molecule has 1 amide bonds. The summed E-state index contributed by atoms with van der Waals surface area (Å²) in [7, 11) is 0. The van der Waals surface area contributed by atoms with Crippen molar-refractivity contribution in [2.24, 2.45) is 0 Å². The average molecular weight is 598 g/mol. The Kier molecular flexibility index (Phi) is 8.58. The van der Waals surface area contributed by atoms with Gasteiger partial charge in [-0.3, -0.25) is 9.59 Å². The number of rotatable bonds is 8. The fourth-order valence-corrected chi connectivity index (χ4v) is 4.99. The summed E-state index contributed by atoms with van der Waals surface area (Å²) >= 11 is 6.07. The first kappa shape index (κ1) is 29.2. The number of carbonyl (C=O) groups is 2. The van der Waals surface area contributed by atoms with Gasteiger partial charge in [0.2, 0.25) is 0 Å². The SMILES string of the molecule is O=C(O)CCCCc1nc2cc(C(=O)N3CCN(c4ccc(C(F)(F)F)cn4)CC3)ccc2nc1-c1ccc(Cl)cc1. The fourth-order valence-electron chi connectivity index (χ4n) is 4.87. The number of benzene rings is 2. The van der Waals surface area contributed by atoms with E-state index in [1.807, 2.05) is 17.0 Å². The van der Waals surface area contributed by atoms with Crippen LogP contribution in [0.3, 0.4) is 0 Å². The van der Waals surface area contributed by atoms with Gasteiger partial charge in [-0.15, -0.1) is 0 Å². The first-order valence-electron chi connectivity index (χ1n) is 13.4. The van der Waals surface area contributed by atoms with Gasteiger partial charge in [0, 0.05) is 54.9 Å². The Bertz CT molecular complexity index is 1590. The highest BCUT2D eigenvalue weighted by Crippen LogP contribution is 2.30. The van der Waals surface area contributed by atoms with E-state index in [0.29, 0.717) is 84.3 Å². The van der Waals surface area contributed by atoms with Gasteiger partial charge in [-0.2, -0.15) is 13.2 Å². The fraction of sp³-hybridized carbons (Fsp3) is 0.300. The number of aromatic nitrogens is 3. The molecule has 1 saturated heterocycles. The zero-order chi connectivity index (χ0) is 29.9. The van der Waals surface area contributed by atoms with Crippen LogP contribution in [0.4, 0.5) is 19.0 Å². The molecular weight excluding hydrogens is 571 g/mol. The molecule has 0 atom stereocenters. The molecule has 2 aromatic heterocycles. The minimum absolute atomic E-state index is 0.0676. The number of fused-ring (bicyclic) bond motifs is 1. The highest BCUT2D eigenvalue weighted by Gasteiger charge is 2.31. The van der Waals surface area contributed by atoms with Crippen LogP contribution >= 0.6 is 11.6 Å². The topological polar surface area (TPSA) is 99.5 Å². The Morgan fingerprint density at radius 2 is 1.64 bits per heavy atom. The molecule has 218 valence electrons. The molecule has 0 aliphatic carbocycles. The minimum atomic E-state index is -4.45. The number of carbonyl (C=O) groups excluding carboxylic acids is 1. The first-order valence-corrected chi connectivity index (χ1v) is 13.8. The number of aliphatic carboxylic acids is 1. The standard InChI is InChI=1S/C30H27ClF3N5O3/c31-22-9-5-19(6-10-22)28-24(3-1-2-4-27(40)41)36-25-17-20(7-11-23(25)37-28)29(42)39-15-13-38(14-16-39)26-12-8-21(18-35-26)30(32,33)34/h5-12,17-18H,1-4,13-16H2,(H,40,41). The van der Waals surface area contributed by atoms with Gasteiger partial charge in [0.05, 0.1) is 28.0 Å². The zero-order valence-electron chi connectivity index (χ0n) is 22.4. The van der Waals surface area contributed by atoms with Crippen molar-refractivity contribution in [3.05, 3.63) is 82.6 Å². The number of amides is 1. The minimum Gasteiger partial charge on any atom is -0.481 e. The van der Waals surface area contributed by atoms with Gasteiger partial charge in [0.25, 0.3) is 5.91 Å². The molecule has 12 heteroatoms. The number of pyridine rings is 1. The van der Waals surface area contributed by atoms with Crippen molar-refractivity contribution in [2.75, 3.05) is 31.1 Å². The lowest BCUT2D eigenvalue weighted by molar-refractivity contribution is -0.138. The van der Waals surface area contributed by atoms with Crippen LogP contribution in [0.1, 0.15) is 40.9 Å². The summed E-state index contributed by atoms with van der Waals surface area (Å²) in [5, 5.41) is 9.58. The largest absolute Gasteiger partial charge is 0.481 e. The van der Waals surface area contributed by atoms with Gasteiger partial charge in [-0.05, 0) is 61.7 Å². The number of carboxylic acid groups (broad SMARTS) is 1. The van der Waals surface area contributed by atoms with Crippen LogP contribution in [0, 0.1) is 0 Å². The van der Waals surface area contributed by atoms with Crippen molar-refractivity contribution in [1.29, 1.82) is 0 Å². The van der Waals surface area contributed by atoms with Crippen molar-refractivity contribution in [2.45, 2.75) is 31.9 Å². The van der Waals surface area contributed by atoms with Gasteiger partial charge in [-0.25, -0.2) is 15.0 Å². The lowest BCUT2D eigenvalue weighted by Gasteiger charge is -2.35. The molecule has 42 heavy (non-hydrogen) atoms. The molecule has 8 nitrogen and oxygen atoms in total. The summed E-state index contributed by atoms with van der Waals surface area (Å²) in [6.07, 6.45) is -1.92. The number of anilines is 1. The predicted molar refractivity (Wildman–Crippen MR) is 153 cm³/mol. The molecule has 4 aromatic rings. The predicted octanol–water partition coefficient (Wildman–Crippen LogP) is 6.12. The second kappa shape index (κ2) is 12.3. The number of halogens is 4. The number of carboxylic acids is 1. The van der Waals surface area contributed by atoms with E-state index in [0.717, 1.165) is 17.8 Å². The van der Waals surface area contributed by atoms with Gasteiger partial charge in [0.15, 0.2) is 0 Å². The molecule has 0 radical (unpaired) electrons. The van der Waals surface area contributed by atoms with E-state index in [-0.39, 0.29) is 12.3 Å². The Morgan fingerprint density at radius 1 is 0.905 bits per heavy atom. The number of hydrogen-bond donors (Lipinski definition) is 1. The lowest BCUT2D eigenvalue weighted by atomic mass is 10.0. The van der Waals surface area contributed by atoms with Crippen LogP contribution in [-0.2, 0) is 17.4 Å². The Balaban J connectivity index is 1.33. The third kappa shape index (κ3) is 6.79. The molecule has 3 heterocycles. The summed E-state index contributed by atoms with van der Waals surface area (Å²) in [6, 6.07) is 14.8. The number of aryl methyl sites for hydroxylation is 1. The normalized spacial score (nSPS) is 13.9. The van der Waals surface area contributed by atoms with E-state index < -0.39 is 17.7 Å². The molecular formula is C30H27ClF3N5O3. The number of hydrogen-bond acceptors (Lipinski definition) is 6. The summed E-state index contributed by atoms with van der Waals surface area (Å²) in [5.41, 5.74) is 3.04. The van der Waals surface area contributed by atoms with Crippen LogP contribution in [0.5, 0.6) is 0 Å². The van der Waals surface area contributed by atoms with Crippen molar-refractivity contribution in [3.8, 4) is 11.3 Å². The third-order valence-electron chi connectivity index (χ3n) is 7.12. The van der Waals surface area contributed by atoms with Gasteiger partial charge >= 0.3 is 12.1 Å². The Morgan fingerprint density at radius 3 is 2.29 bits per heavy atom. The quantitative estimate of drug-likeness (QED) is 0.244. The van der Waals surface area contributed by atoms with Gasteiger partial charge in [0.1, 0.15) is 5.82 Å². The van der Waals surface area contributed by atoms with Crippen LogP contribution in [0.15, 0.2) is 60.8 Å². The highest BCUT2D eigenvalue weighted by molar-refractivity contribution is 6.30. The maximum Gasteiger partial charge on any atom is 0.417 e. The van der Waals surface area contributed by atoms with Crippen LogP contribution in [0.25, 0.3) is 22.3 Å². The number of unbranched alkanes of at least 4 members (excludes halogenated alkanes) is 1. The molecule has 2 aromatic carbocycles. The molecule has 0 unspecified atom stereocenters. The number of nitrogens with zero attached hydrogens (tertiary/aromatic N) is 5. The van der Waals surface area contributed by atoms with E-state index in [1.165, 1.54) is 6.07 Å². The maximum atomic E-state index is 13.4. The molecule has 0 bridgehead atoms. The molecule has 1 aliphatic heterocycles. The zero-order valence-corrected chi connectivity index (χ0v) is 23.2. The molecule has 1 aliphatic rings. The van der Waals surface area contributed by atoms with Crippen molar-refractivity contribution in [1.82, 2.24) is 19.9 Å². The van der Waals surface area contributed by atoms with Crippen molar-refractivity contribution < 1.29 is 27.9 Å². The van der Waals surface area contributed by atoms with Gasteiger partial charge < -0.3 is 14.9 Å². The monoisotopic (exact) mass is 597 g/mol. The summed E-state index contributed by atoms with van der Waals surface area (Å²) in [5.74, 6) is -0.593. The highest BCUT2D eigenvalue weighted by atomic mass is 35.5. The maximum absolute atomic E-state index is 13.4. The van der Waals surface area contributed by atoms with E-state index in [2.05, 4.69) is 4.98 Å². The average Bonchev–Trinajstić information content (AvgIpc) is 2.98. The second-order valence-electron chi connectivity index (χ2n) is 10.0. The van der Waals surface area contributed by atoms with Crippen LogP contribution in [-0.4, -0.2) is 63.0 Å². The second-order valence-corrected chi connectivity index (χ2v) is 10.4. The number of piperazine rings is 1. The van der Waals surface area contributed by atoms with E-state index in [1.54, 1.807) is 35.2 Å². The Labute approximate surface area is 244 Å². The molecule has 1 fully saturated rings. The third-order valence-corrected chi connectivity index (χ3v) is 7.37. The smallest absolute Gasteiger partial charge is 0.417 e. The van der Waals surface area contributed by atoms with Crippen LogP contribution in [0.2, 0.25) is 5.02 Å². The van der Waals surface area contributed by atoms with Crippen LogP contribution < -0.4 is 4.90 Å². The number of alkyl halides is 3. The summed E-state index contributed by atoms with van der Waals surface area (Å²) in [6.45, 7) is 1.63. The van der Waals surface area contributed by atoms with Crippen molar-refractivity contribution in [3.63, 3.8) is 0 Å². The molecule has 1 N–H and O–H groups in total. The lowest BCUT2D eigenvalue weighted by Crippen LogP contribution is -2.49. The first-order chi connectivity index (χ1) is 20.1.